The largest absolute Gasteiger partial charge is 0.480 e. The van der Waals surface area contributed by atoms with Crippen LogP contribution in [0.25, 0.3) is 0 Å². The topological polar surface area (TPSA) is 72.5 Å². The lowest BCUT2D eigenvalue weighted by atomic mass is 10.1. The Morgan fingerprint density at radius 1 is 1.67 bits per heavy atom. The fourth-order valence-corrected chi connectivity index (χ4v) is 0.568. The molecule has 0 rings (SSSR count). The Hall–Kier alpha value is -0.610. The van der Waals surface area contributed by atoms with Gasteiger partial charge in [-0.15, -0.1) is 0 Å². The fraction of sp³-hybridized carbons (Fsp3) is 0.875. The maximum Gasteiger partial charge on any atom is 0.325 e. The summed E-state index contributed by atoms with van der Waals surface area (Å²) in [6, 6.07) is 0. The zero-order valence-electron chi connectivity index (χ0n) is 7.83. The van der Waals surface area contributed by atoms with E-state index in [0.717, 1.165) is 0 Å². The molecule has 72 valence electrons. The molecule has 1 unspecified atom stereocenters. The minimum atomic E-state index is -1.27. The normalized spacial score (nSPS) is 16.1. The van der Waals surface area contributed by atoms with Gasteiger partial charge >= 0.3 is 5.97 Å². The molecule has 0 heterocycles. The highest BCUT2D eigenvalue weighted by molar-refractivity contribution is 5.77. The number of nitrogens with two attached hydrogens (primary N) is 1. The molecule has 12 heavy (non-hydrogen) atoms. The molecule has 0 fully saturated rings. The van der Waals surface area contributed by atoms with Gasteiger partial charge in [-0.05, 0) is 12.8 Å². The van der Waals surface area contributed by atoms with Crippen LogP contribution in [0, 0.1) is 5.92 Å². The Bertz CT molecular complexity index is 154. The lowest BCUT2D eigenvalue weighted by Gasteiger charge is -2.19. The van der Waals surface area contributed by atoms with Gasteiger partial charge in [0.1, 0.15) is 5.54 Å². The monoisotopic (exact) mass is 175 g/mol. The van der Waals surface area contributed by atoms with Crippen LogP contribution < -0.4 is 5.73 Å². The van der Waals surface area contributed by atoms with Gasteiger partial charge < -0.3 is 15.6 Å². The standard InChI is InChI=1S/C8H17NO3/c1-6(2)4-12-5-8(3,9)7(10)11/h6H,4-5,9H2,1-3H3,(H,10,11). The molecule has 0 aromatic carbocycles. The number of carboxylic acids is 1. The zero-order chi connectivity index (χ0) is 9.78. The first-order valence-corrected chi connectivity index (χ1v) is 3.96. The van der Waals surface area contributed by atoms with E-state index in [1.165, 1.54) is 6.92 Å². The molecular formula is C8H17NO3. The Kier molecular flexibility index (Phi) is 4.20. The minimum absolute atomic E-state index is 0.0561. The number of hydrogen-bond acceptors (Lipinski definition) is 3. The summed E-state index contributed by atoms with van der Waals surface area (Å²) in [5.41, 5.74) is 4.15. The quantitative estimate of drug-likeness (QED) is 0.636. The zero-order valence-corrected chi connectivity index (χ0v) is 7.83. The van der Waals surface area contributed by atoms with Crippen LogP contribution in [-0.4, -0.2) is 29.8 Å². The molecule has 0 radical (unpaired) electrons. The molecular weight excluding hydrogens is 158 g/mol. The number of aliphatic carboxylic acids is 1. The van der Waals surface area contributed by atoms with Gasteiger partial charge in [-0.2, -0.15) is 0 Å². The van der Waals surface area contributed by atoms with Crippen molar-refractivity contribution >= 4 is 5.97 Å². The lowest BCUT2D eigenvalue weighted by Crippen LogP contribution is -2.49. The minimum Gasteiger partial charge on any atom is -0.480 e. The third-order valence-electron chi connectivity index (χ3n) is 1.34. The average Bonchev–Trinajstić information content (AvgIpc) is 1.85. The molecule has 3 N–H and O–H groups in total. The summed E-state index contributed by atoms with van der Waals surface area (Å²) in [5, 5.41) is 8.60. The molecule has 0 bridgehead atoms. The van der Waals surface area contributed by atoms with E-state index >= 15 is 0 Å². The average molecular weight is 175 g/mol. The van der Waals surface area contributed by atoms with Gasteiger partial charge in [-0.3, -0.25) is 4.79 Å². The molecule has 0 aromatic heterocycles. The van der Waals surface area contributed by atoms with Crippen molar-refractivity contribution in [1.82, 2.24) is 0 Å². The maximum absolute atomic E-state index is 10.5. The molecule has 0 aliphatic rings. The Balaban J connectivity index is 3.69. The molecule has 1 atom stereocenters. The van der Waals surface area contributed by atoms with Crippen LogP contribution >= 0.6 is 0 Å². The van der Waals surface area contributed by atoms with Crippen molar-refractivity contribution in [3.8, 4) is 0 Å². The number of hydrogen-bond donors (Lipinski definition) is 2. The van der Waals surface area contributed by atoms with Gasteiger partial charge in [0, 0.05) is 6.61 Å². The molecule has 4 heteroatoms. The van der Waals surface area contributed by atoms with Gasteiger partial charge in [0.05, 0.1) is 6.61 Å². The maximum atomic E-state index is 10.5. The predicted octanol–water partition coefficient (Wildman–Crippen LogP) is 0.461. The molecule has 0 amide bonds. The van der Waals surface area contributed by atoms with Gasteiger partial charge in [-0.25, -0.2) is 0 Å². The number of carbonyl (C=O) groups is 1. The number of rotatable bonds is 5. The van der Waals surface area contributed by atoms with Gasteiger partial charge in [0.15, 0.2) is 0 Å². The fourth-order valence-electron chi connectivity index (χ4n) is 0.568. The van der Waals surface area contributed by atoms with Crippen LogP contribution in [0.15, 0.2) is 0 Å². The number of carboxylic acid groups (broad SMARTS) is 1. The Morgan fingerprint density at radius 3 is 2.50 bits per heavy atom. The van der Waals surface area contributed by atoms with Crippen molar-refractivity contribution in [2.75, 3.05) is 13.2 Å². The second-order valence-electron chi connectivity index (χ2n) is 3.63. The molecule has 0 saturated heterocycles. The van der Waals surface area contributed by atoms with Crippen molar-refractivity contribution in [2.24, 2.45) is 11.7 Å². The summed E-state index contributed by atoms with van der Waals surface area (Å²) in [4.78, 5) is 10.5. The van der Waals surface area contributed by atoms with E-state index < -0.39 is 11.5 Å². The third kappa shape index (κ3) is 4.31. The van der Waals surface area contributed by atoms with Crippen LogP contribution in [0.1, 0.15) is 20.8 Å². The van der Waals surface area contributed by atoms with Crippen LogP contribution in [0.2, 0.25) is 0 Å². The molecule has 0 aromatic rings. The summed E-state index contributed by atoms with van der Waals surface area (Å²) >= 11 is 0. The molecule has 4 nitrogen and oxygen atoms in total. The van der Waals surface area contributed by atoms with E-state index in [4.69, 9.17) is 15.6 Å². The van der Waals surface area contributed by atoms with Gasteiger partial charge in [0.25, 0.3) is 0 Å². The summed E-state index contributed by atoms with van der Waals surface area (Å²) < 4.78 is 5.12. The molecule has 0 aliphatic carbocycles. The SMILES string of the molecule is CC(C)COCC(C)(N)C(=O)O. The first-order chi connectivity index (χ1) is 5.36. The van der Waals surface area contributed by atoms with Crippen molar-refractivity contribution in [3.05, 3.63) is 0 Å². The van der Waals surface area contributed by atoms with E-state index in [9.17, 15) is 4.79 Å². The number of ether oxygens (including phenoxy) is 1. The van der Waals surface area contributed by atoms with Gasteiger partial charge in [0.2, 0.25) is 0 Å². The smallest absolute Gasteiger partial charge is 0.325 e. The molecule has 0 saturated carbocycles. The van der Waals surface area contributed by atoms with Gasteiger partial charge in [-0.1, -0.05) is 13.8 Å². The highest BCUT2D eigenvalue weighted by Crippen LogP contribution is 2.01. The summed E-state index contributed by atoms with van der Waals surface area (Å²) in [7, 11) is 0. The first-order valence-electron chi connectivity index (χ1n) is 3.96. The highest BCUT2D eigenvalue weighted by Gasteiger charge is 2.27. The van der Waals surface area contributed by atoms with Crippen LogP contribution in [0.4, 0.5) is 0 Å². The Morgan fingerprint density at radius 2 is 2.17 bits per heavy atom. The highest BCUT2D eigenvalue weighted by atomic mass is 16.5. The summed E-state index contributed by atoms with van der Waals surface area (Å²) in [5.74, 6) is -0.638. The van der Waals surface area contributed by atoms with Crippen molar-refractivity contribution in [3.63, 3.8) is 0 Å². The second kappa shape index (κ2) is 4.42. The van der Waals surface area contributed by atoms with E-state index in [1.54, 1.807) is 0 Å². The third-order valence-corrected chi connectivity index (χ3v) is 1.34. The lowest BCUT2D eigenvalue weighted by molar-refractivity contribution is -0.145. The summed E-state index contributed by atoms with van der Waals surface area (Å²) in [6.07, 6.45) is 0. The van der Waals surface area contributed by atoms with Crippen molar-refractivity contribution in [2.45, 2.75) is 26.3 Å². The Labute approximate surface area is 72.7 Å². The van der Waals surface area contributed by atoms with E-state index in [1.807, 2.05) is 13.8 Å². The predicted molar refractivity (Wildman–Crippen MR) is 45.9 cm³/mol. The van der Waals surface area contributed by atoms with Crippen LogP contribution in [-0.2, 0) is 9.53 Å². The second-order valence-corrected chi connectivity index (χ2v) is 3.63. The molecule has 0 spiro atoms. The summed E-state index contributed by atoms with van der Waals surface area (Å²) in [6.45, 7) is 6.03. The first kappa shape index (κ1) is 11.4. The molecule has 0 aliphatic heterocycles. The van der Waals surface area contributed by atoms with E-state index in [2.05, 4.69) is 0 Å². The van der Waals surface area contributed by atoms with Crippen LogP contribution in [0.5, 0.6) is 0 Å². The van der Waals surface area contributed by atoms with Crippen molar-refractivity contribution in [1.29, 1.82) is 0 Å². The van der Waals surface area contributed by atoms with E-state index in [-0.39, 0.29) is 6.61 Å². The van der Waals surface area contributed by atoms with Crippen LogP contribution in [0.3, 0.4) is 0 Å². The van der Waals surface area contributed by atoms with E-state index in [0.29, 0.717) is 12.5 Å². The van der Waals surface area contributed by atoms with Crippen molar-refractivity contribution < 1.29 is 14.6 Å².